The number of carbonyl (C=O) groups is 1. The van der Waals surface area contributed by atoms with Crippen molar-refractivity contribution < 1.29 is 4.79 Å². The topological polar surface area (TPSA) is 38.1 Å². The number of rotatable bonds is 3. The van der Waals surface area contributed by atoms with Crippen molar-refractivity contribution in [2.75, 3.05) is 4.90 Å². The highest BCUT2D eigenvalue weighted by atomic mass is 16.1. The Morgan fingerprint density at radius 2 is 1.76 bits per heavy atom. The molecule has 0 bridgehead atoms. The van der Waals surface area contributed by atoms with Crippen LogP contribution < -0.4 is 4.90 Å². The number of piperidine rings is 1. The Hall–Kier alpha value is -2.10. The third kappa shape index (κ3) is 2.99. The van der Waals surface area contributed by atoms with Gasteiger partial charge in [0.15, 0.2) is 5.82 Å². The van der Waals surface area contributed by atoms with Crippen LogP contribution in [-0.2, 0) is 11.3 Å². The summed E-state index contributed by atoms with van der Waals surface area (Å²) in [4.78, 5) is 13.9. The van der Waals surface area contributed by atoms with Gasteiger partial charge >= 0.3 is 0 Å². The first-order chi connectivity index (χ1) is 10.1. The SMILES string of the molecule is CC1CC(=O)CC(C)N1c1ccn(Cc2ccccc2)n1. The third-order valence-corrected chi connectivity index (χ3v) is 4.07. The first kappa shape index (κ1) is 13.9. The van der Waals surface area contributed by atoms with Gasteiger partial charge in [0.05, 0.1) is 6.54 Å². The molecule has 0 radical (unpaired) electrons. The molecule has 2 unspecified atom stereocenters. The van der Waals surface area contributed by atoms with Crippen LogP contribution in [0.25, 0.3) is 0 Å². The van der Waals surface area contributed by atoms with Crippen molar-refractivity contribution in [2.24, 2.45) is 0 Å². The van der Waals surface area contributed by atoms with Gasteiger partial charge < -0.3 is 4.90 Å². The molecule has 2 aromatic rings. The van der Waals surface area contributed by atoms with E-state index in [0.717, 1.165) is 12.4 Å². The first-order valence-electron chi connectivity index (χ1n) is 7.51. The summed E-state index contributed by atoms with van der Waals surface area (Å²) in [5.74, 6) is 1.33. The molecule has 0 aliphatic carbocycles. The number of aromatic nitrogens is 2. The molecular formula is C17H21N3O. The highest BCUT2D eigenvalue weighted by Crippen LogP contribution is 2.26. The molecule has 4 nitrogen and oxygen atoms in total. The predicted molar refractivity (Wildman–Crippen MR) is 83.4 cm³/mol. The maximum atomic E-state index is 11.7. The van der Waals surface area contributed by atoms with E-state index in [1.165, 1.54) is 5.56 Å². The lowest BCUT2D eigenvalue weighted by molar-refractivity contribution is -0.120. The number of nitrogens with zero attached hydrogens (tertiary/aromatic N) is 3. The standard InChI is InChI=1S/C17H21N3O/c1-13-10-16(21)11-14(2)20(13)17-8-9-19(18-17)12-15-6-4-3-5-7-15/h3-9,13-14H,10-12H2,1-2H3. The predicted octanol–water partition coefficient (Wildman–Crippen LogP) is 2.88. The van der Waals surface area contributed by atoms with E-state index in [4.69, 9.17) is 0 Å². The molecule has 1 aromatic heterocycles. The van der Waals surface area contributed by atoms with Gasteiger partial charge in [-0.3, -0.25) is 9.48 Å². The summed E-state index contributed by atoms with van der Waals surface area (Å²) < 4.78 is 1.96. The van der Waals surface area contributed by atoms with Crippen molar-refractivity contribution in [3.8, 4) is 0 Å². The zero-order chi connectivity index (χ0) is 14.8. The molecule has 1 saturated heterocycles. The van der Waals surface area contributed by atoms with Crippen LogP contribution in [0.2, 0.25) is 0 Å². The Balaban J connectivity index is 1.77. The Labute approximate surface area is 125 Å². The van der Waals surface area contributed by atoms with Gasteiger partial charge in [0.2, 0.25) is 0 Å². The molecular weight excluding hydrogens is 262 g/mol. The van der Waals surface area contributed by atoms with Gasteiger partial charge in [0.25, 0.3) is 0 Å². The van der Waals surface area contributed by atoms with Crippen LogP contribution >= 0.6 is 0 Å². The number of ketones is 1. The monoisotopic (exact) mass is 283 g/mol. The zero-order valence-corrected chi connectivity index (χ0v) is 12.6. The van der Waals surface area contributed by atoms with Crippen LogP contribution in [0.3, 0.4) is 0 Å². The Bertz CT molecular complexity index is 606. The number of hydrogen-bond acceptors (Lipinski definition) is 3. The second-order valence-corrected chi connectivity index (χ2v) is 5.91. The summed E-state index contributed by atoms with van der Waals surface area (Å²) in [7, 11) is 0. The fourth-order valence-corrected chi connectivity index (χ4v) is 3.17. The van der Waals surface area contributed by atoms with E-state index in [-0.39, 0.29) is 12.1 Å². The number of hydrogen-bond donors (Lipinski definition) is 0. The van der Waals surface area contributed by atoms with Crippen molar-refractivity contribution in [3.63, 3.8) is 0 Å². The highest BCUT2D eigenvalue weighted by Gasteiger charge is 2.30. The van der Waals surface area contributed by atoms with Crippen molar-refractivity contribution in [1.29, 1.82) is 0 Å². The summed E-state index contributed by atoms with van der Waals surface area (Å²) in [5.41, 5.74) is 1.24. The number of anilines is 1. The quantitative estimate of drug-likeness (QED) is 0.869. The minimum atomic E-state index is 0.223. The fourth-order valence-electron chi connectivity index (χ4n) is 3.17. The molecule has 0 N–H and O–H groups in total. The summed E-state index contributed by atoms with van der Waals surface area (Å²) >= 11 is 0. The maximum Gasteiger partial charge on any atom is 0.151 e. The van der Waals surface area contributed by atoms with Crippen molar-refractivity contribution in [3.05, 3.63) is 48.2 Å². The van der Waals surface area contributed by atoms with E-state index in [1.807, 2.05) is 35.1 Å². The van der Waals surface area contributed by atoms with Crippen molar-refractivity contribution in [2.45, 2.75) is 45.3 Å². The Morgan fingerprint density at radius 1 is 1.10 bits per heavy atom. The van der Waals surface area contributed by atoms with E-state index < -0.39 is 0 Å². The van der Waals surface area contributed by atoms with Gasteiger partial charge in [-0.15, -0.1) is 0 Å². The van der Waals surface area contributed by atoms with Crippen LogP contribution in [0.1, 0.15) is 32.3 Å². The molecule has 110 valence electrons. The number of carbonyl (C=O) groups excluding carboxylic acids is 1. The molecule has 21 heavy (non-hydrogen) atoms. The number of Topliss-reactive ketones (excluding diaryl/α,β-unsaturated/α-hetero) is 1. The molecule has 0 saturated carbocycles. The molecule has 1 aliphatic rings. The molecule has 0 spiro atoms. The molecule has 4 heteroatoms. The average Bonchev–Trinajstić information content (AvgIpc) is 2.87. The van der Waals surface area contributed by atoms with Crippen LogP contribution in [0.15, 0.2) is 42.6 Å². The molecule has 0 amide bonds. The Morgan fingerprint density at radius 3 is 2.43 bits per heavy atom. The van der Waals surface area contributed by atoms with Gasteiger partial charge in [-0.25, -0.2) is 0 Å². The smallest absolute Gasteiger partial charge is 0.151 e. The van der Waals surface area contributed by atoms with E-state index in [2.05, 4.69) is 36.0 Å². The first-order valence-corrected chi connectivity index (χ1v) is 7.51. The molecule has 2 heterocycles. The normalized spacial score (nSPS) is 22.6. The van der Waals surface area contributed by atoms with Crippen molar-refractivity contribution >= 4 is 11.6 Å². The van der Waals surface area contributed by atoms with E-state index in [9.17, 15) is 4.79 Å². The Kier molecular flexibility index (Phi) is 3.78. The number of benzene rings is 1. The lowest BCUT2D eigenvalue weighted by Gasteiger charge is -2.38. The zero-order valence-electron chi connectivity index (χ0n) is 12.6. The summed E-state index contributed by atoms with van der Waals surface area (Å²) in [5, 5.41) is 4.69. The molecule has 1 aromatic carbocycles. The van der Waals surface area contributed by atoms with Crippen LogP contribution in [0.5, 0.6) is 0 Å². The van der Waals surface area contributed by atoms with Crippen LogP contribution in [0, 0.1) is 0 Å². The van der Waals surface area contributed by atoms with Gasteiger partial charge in [-0.2, -0.15) is 5.10 Å². The lowest BCUT2D eigenvalue weighted by Crippen LogP contribution is -2.47. The van der Waals surface area contributed by atoms with Gasteiger partial charge in [0.1, 0.15) is 5.78 Å². The molecule has 3 rings (SSSR count). The van der Waals surface area contributed by atoms with E-state index in [1.54, 1.807) is 0 Å². The van der Waals surface area contributed by atoms with Crippen LogP contribution in [0.4, 0.5) is 5.82 Å². The molecule has 1 aliphatic heterocycles. The fraction of sp³-hybridized carbons (Fsp3) is 0.412. The maximum absolute atomic E-state index is 11.7. The third-order valence-electron chi connectivity index (χ3n) is 4.07. The lowest BCUT2D eigenvalue weighted by atomic mass is 9.96. The summed E-state index contributed by atoms with van der Waals surface area (Å²) in [6, 6.07) is 12.8. The van der Waals surface area contributed by atoms with Gasteiger partial charge in [-0.05, 0) is 19.4 Å². The average molecular weight is 283 g/mol. The minimum Gasteiger partial charge on any atom is -0.349 e. The van der Waals surface area contributed by atoms with Crippen molar-refractivity contribution in [1.82, 2.24) is 9.78 Å². The molecule has 2 atom stereocenters. The second kappa shape index (κ2) is 5.72. The second-order valence-electron chi connectivity index (χ2n) is 5.91. The van der Waals surface area contributed by atoms with E-state index >= 15 is 0 Å². The highest BCUT2D eigenvalue weighted by molar-refractivity contribution is 5.82. The van der Waals surface area contributed by atoms with Crippen LogP contribution in [-0.4, -0.2) is 27.6 Å². The molecule has 1 fully saturated rings. The minimum absolute atomic E-state index is 0.223. The van der Waals surface area contributed by atoms with Gasteiger partial charge in [-0.1, -0.05) is 30.3 Å². The van der Waals surface area contributed by atoms with E-state index in [0.29, 0.717) is 18.6 Å². The summed E-state index contributed by atoms with van der Waals surface area (Å²) in [6.07, 6.45) is 3.25. The van der Waals surface area contributed by atoms with Gasteiger partial charge in [0, 0.05) is 37.2 Å². The summed E-state index contributed by atoms with van der Waals surface area (Å²) in [6.45, 7) is 4.98. The largest absolute Gasteiger partial charge is 0.349 e.